The van der Waals surface area contributed by atoms with Gasteiger partial charge in [0.25, 0.3) is 0 Å². The van der Waals surface area contributed by atoms with Crippen LogP contribution in [0.25, 0.3) is 54.3 Å². The Balaban J connectivity index is 1.71. The van der Waals surface area contributed by atoms with Crippen molar-refractivity contribution in [1.29, 1.82) is 0 Å². The molecule has 5 aromatic carbocycles. The largest absolute Gasteiger partial charge is 0.256 e. The summed E-state index contributed by atoms with van der Waals surface area (Å²) >= 11 is 0. The first-order valence-corrected chi connectivity index (χ1v) is 9.67. The molecule has 0 aliphatic heterocycles. The van der Waals surface area contributed by atoms with Crippen molar-refractivity contribution >= 4 is 43.1 Å². The summed E-state index contributed by atoms with van der Waals surface area (Å²) < 4.78 is 13.7. The van der Waals surface area contributed by atoms with Crippen LogP contribution in [-0.2, 0) is 0 Å². The number of hydrogen-bond acceptors (Lipinski definition) is 1. The molecule has 0 spiro atoms. The SMILES string of the molecule is Fc1ccc2c(ccc3cnc(-c4cc5ccccc5c5ccccc45)cc32)c1. The van der Waals surface area contributed by atoms with Crippen LogP contribution in [0.4, 0.5) is 4.39 Å². The van der Waals surface area contributed by atoms with Gasteiger partial charge in [-0.05, 0) is 62.0 Å². The lowest BCUT2D eigenvalue weighted by atomic mass is 9.94. The van der Waals surface area contributed by atoms with Gasteiger partial charge in [-0.25, -0.2) is 4.39 Å². The Morgan fingerprint density at radius 1 is 0.517 bits per heavy atom. The molecule has 2 heteroatoms. The summed E-state index contributed by atoms with van der Waals surface area (Å²) in [6, 6.07) is 30.2. The summed E-state index contributed by atoms with van der Waals surface area (Å²) in [5.41, 5.74) is 2.04. The molecule has 0 atom stereocenters. The van der Waals surface area contributed by atoms with Crippen LogP contribution >= 0.6 is 0 Å². The molecule has 6 aromatic rings. The van der Waals surface area contributed by atoms with E-state index >= 15 is 0 Å². The number of rotatable bonds is 1. The first-order chi connectivity index (χ1) is 14.3. The van der Waals surface area contributed by atoms with Crippen LogP contribution in [0.15, 0.2) is 97.2 Å². The minimum absolute atomic E-state index is 0.216. The molecule has 29 heavy (non-hydrogen) atoms. The molecule has 1 heterocycles. The first-order valence-electron chi connectivity index (χ1n) is 9.67. The van der Waals surface area contributed by atoms with E-state index in [4.69, 9.17) is 4.98 Å². The minimum atomic E-state index is -0.216. The average Bonchev–Trinajstić information content (AvgIpc) is 2.78. The van der Waals surface area contributed by atoms with Gasteiger partial charge in [0.1, 0.15) is 5.82 Å². The normalized spacial score (nSPS) is 11.6. The van der Waals surface area contributed by atoms with E-state index in [1.165, 1.54) is 27.6 Å². The Kier molecular flexibility index (Phi) is 3.41. The van der Waals surface area contributed by atoms with Crippen LogP contribution in [0, 0.1) is 5.82 Å². The number of halogens is 1. The Morgan fingerprint density at radius 3 is 2.10 bits per heavy atom. The van der Waals surface area contributed by atoms with Gasteiger partial charge in [0, 0.05) is 17.1 Å². The minimum Gasteiger partial charge on any atom is -0.256 e. The van der Waals surface area contributed by atoms with Crippen LogP contribution in [0.5, 0.6) is 0 Å². The quantitative estimate of drug-likeness (QED) is 0.272. The lowest BCUT2D eigenvalue weighted by molar-refractivity contribution is 0.630. The van der Waals surface area contributed by atoms with E-state index < -0.39 is 0 Å². The van der Waals surface area contributed by atoms with Gasteiger partial charge >= 0.3 is 0 Å². The van der Waals surface area contributed by atoms with Gasteiger partial charge in [0.2, 0.25) is 0 Å². The second-order valence-electron chi connectivity index (χ2n) is 7.41. The van der Waals surface area contributed by atoms with Crippen molar-refractivity contribution in [2.24, 2.45) is 0 Å². The third kappa shape index (κ3) is 2.50. The molecule has 1 aromatic heterocycles. The molecule has 0 amide bonds. The van der Waals surface area contributed by atoms with Crippen molar-refractivity contribution in [3.63, 3.8) is 0 Å². The van der Waals surface area contributed by atoms with E-state index in [1.807, 2.05) is 24.4 Å². The molecule has 0 radical (unpaired) electrons. The maximum absolute atomic E-state index is 13.7. The molecular formula is C27H16FN. The summed E-state index contributed by atoms with van der Waals surface area (Å²) in [4.78, 5) is 4.78. The molecule has 1 nitrogen and oxygen atoms in total. The Bertz CT molecular complexity index is 1570. The van der Waals surface area contributed by atoms with E-state index in [0.29, 0.717) is 0 Å². The van der Waals surface area contributed by atoms with Crippen molar-refractivity contribution in [2.45, 2.75) is 0 Å². The predicted molar refractivity (Wildman–Crippen MR) is 120 cm³/mol. The fraction of sp³-hybridized carbons (Fsp3) is 0. The number of benzene rings is 5. The van der Waals surface area contributed by atoms with Gasteiger partial charge in [-0.2, -0.15) is 0 Å². The first kappa shape index (κ1) is 16.2. The zero-order valence-corrected chi connectivity index (χ0v) is 15.6. The molecule has 6 rings (SSSR count). The van der Waals surface area contributed by atoms with E-state index in [-0.39, 0.29) is 5.82 Å². The summed E-state index contributed by atoms with van der Waals surface area (Å²) in [5, 5.41) is 8.93. The molecule has 0 unspecified atom stereocenters. The highest BCUT2D eigenvalue weighted by Gasteiger charge is 2.11. The summed E-state index contributed by atoms with van der Waals surface area (Å²) in [6.07, 6.45) is 1.91. The van der Waals surface area contributed by atoms with Crippen molar-refractivity contribution < 1.29 is 4.39 Å². The van der Waals surface area contributed by atoms with Gasteiger partial charge in [-0.1, -0.05) is 66.7 Å². The second kappa shape index (κ2) is 6.11. The highest BCUT2D eigenvalue weighted by atomic mass is 19.1. The molecule has 0 fully saturated rings. The Morgan fingerprint density at radius 2 is 1.21 bits per heavy atom. The lowest BCUT2D eigenvalue weighted by Crippen LogP contribution is -1.89. The number of pyridine rings is 1. The maximum atomic E-state index is 13.7. The summed E-state index contributed by atoms with van der Waals surface area (Å²) in [5.74, 6) is -0.216. The average molecular weight is 373 g/mol. The van der Waals surface area contributed by atoms with Crippen LogP contribution in [-0.4, -0.2) is 4.98 Å². The van der Waals surface area contributed by atoms with E-state index in [0.717, 1.165) is 32.8 Å². The topological polar surface area (TPSA) is 12.9 Å². The summed E-state index contributed by atoms with van der Waals surface area (Å²) in [6.45, 7) is 0. The van der Waals surface area contributed by atoms with Crippen molar-refractivity contribution in [3.8, 4) is 11.3 Å². The molecule has 0 aliphatic carbocycles. The van der Waals surface area contributed by atoms with Crippen molar-refractivity contribution in [1.82, 2.24) is 4.98 Å². The number of hydrogen-bond donors (Lipinski definition) is 0. The van der Waals surface area contributed by atoms with Crippen molar-refractivity contribution in [2.75, 3.05) is 0 Å². The molecule has 136 valence electrons. The second-order valence-corrected chi connectivity index (χ2v) is 7.41. The third-order valence-electron chi connectivity index (χ3n) is 5.73. The van der Waals surface area contributed by atoms with E-state index in [2.05, 4.69) is 60.7 Å². The van der Waals surface area contributed by atoms with Gasteiger partial charge in [-0.15, -0.1) is 0 Å². The van der Waals surface area contributed by atoms with Gasteiger partial charge in [-0.3, -0.25) is 4.98 Å². The van der Waals surface area contributed by atoms with Crippen LogP contribution < -0.4 is 0 Å². The maximum Gasteiger partial charge on any atom is 0.123 e. The standard InChI is InChI=1S/C27H16FN/c28-20-11-12-22-18(13-20)9-10-19-16-29-27(15-25(19)22)26-14-17-5-1-2-6-21(17)23-7-3-4-8-24(23)26/h1-16H. The number of fused-ring (bicyclic) bond motifs is 6. The molecule has 0 saturated heterocycles. The molecular weight excluding hydrogens is 357 g/mol. The Hall–Kier alpha value is -3.78. The van der Waals surface area contributed by atoms with E-state index in [1.54, 1.807) is 6.07 Å². The van der Waals surface area contributed by atoms with Gasteiger partial charge in [0.15, 0.2) is 0 Å². The van der Waals surface area contributed by atoms with Crippen LogP contribution in [0.2, 0.25) is 0 Å². The highest BCUT2D eigenvalue weighted by Crippen LogP contribution is 2.36. The fourth-order valence-electron chi connectivity index (χ4n) is 4.34. The molecule has 0 aliphatic rings. The predicted octanol–water partition coefficient (Wildman–Crippen LogP) is 7.50. The Labute approximate surface area is 167 Å². The number of aromatic nitrogens is 1. The lowest BCUT2D eigenvalue weighted by Gasteiger charge is -2.12. The molecule has 0 bridgehead atoms. The zero-order chi connectivity index (χ0) is 19.4. The van der Waals surface area contributed by atoms with Crippen LogP contribution in [0.1, 0.15) is 0 Å². The van der Waals surface area contributed by atoms with Crippen molar-refractivity contribution in [3.05, 3.63) is 103 Å². The fourth-order valence-corrected chi connectivity index (χ4v) is 4.34. The van der Waals surface area contributed by atoms with E-state index in [9.17, 15) is 4.39 Å². The molecule has 0 N–H and O–H groups in total. The van der Waals surface area contributed by atoms with Gasteiger partial charge < -0.3 is 0 Å². The number of nitrogens with zero attached hydrogens (tertiary/aromatic N) is 1. The summed E-state index contributed by atoms with van der Waals surface area (Å²) in [7, 11) is 0. The zero-order valence-electron chi connectivity index (χ0n) is 15.6. The van der Waals surface area contributed by atoms with Gasteiger partial charge in [0.05, 0.1) is 5.69 Å². The smallest absolute Gasteiger partial charge is 0.123 e. The molecule has 0 saturated carbocycles. The monoisotopic (exact) mass is 373 g/mol. The third-order valence-corrected chi connectivity index (χ3v) is 5.73. The van der Waals surface area contributed by atoms with Crippen LogP contribution in [0.3, 0.4) is 0 Å². The highest BCUT2D eigenvalue weighted by molar-refractivity contribution is 6.14.